The van der Waals surface area contributed by atoms with Crippen molar-refractivity contribution in [3.8, 4) is 0 Å². The van der Waals surface area contributed by atoms with Gasteiger partial charge >= 0.3 is 5.97 Å². The number of ether oxygens (including phenoxy) is 2. The second-order valence-electron chi connectivity index (χ2n) is 8.79. The molecule has 0 saturated carbocycles. The SMILES string of the molecule is C=CCOC(=O)c1ccc(C[S+]([O-])C2CC(=O)N2CCOCC(CCCC)c2ccccc2F)cc1. The van der Waals surface area contributed by atoms with Gasteiger partial charge in [-0.1, -0.05) is 62.8 Å². The number of rotatable bonds is 15. The number of benzene rings is 2. The normalized spacial score (nSPS) is 16.8. The van der Waals surface area contributed by atoms with Crippen molar-refractivity contribution in [3.63, 3.8) is 0 Å². The molecule has 194 valence electrons. The van der Waals surface area contributed by atoms with Gasteiger partial charge in [0.05, 0.1) is 25.2 Å². The second-order valence-corrected chi connectivity index (χ2v) is 10.4. The van der Waals surface area contributed by atoms with E-state index in [1.165, 1.54) is 12.1 Å². The number of carbonyl (C=O) groups excluding carboxylic acids is 2. The van der Waals surface area contributed by atoms with Gasteiger partial charge in [-0.05, 0) is 41.4 Å². The Hall–Kier alpha value is -2.68. The summed E-state index contributed by atoms with van der Waals surface area (Å²) in [6.07, 6.45) is 4.57. The van der Waals surface area contributed by atoms with Crippen molar-refractivity contribution in [2.24, 2.45) is 0 Å². The number of carbonyl (C=O) groups is 2. The molecule has 1 aliphatic rings. The van der Waals surface area contributed by atoms with Crippen molar-refractivity contribution >= 4 is 23.1 Å². The molecule has 1 aliphatic heterocycles. The summed E-state index contributed by atoms with van der Waals surface area (Å²) in [6.45, 7) is 6.78. The van der Waals surface area contributed by atoms with Crippen LogP contribution in [0.5, 0.6) is 0 Å². The summed E-state index contributed by atoms with van der Waals surface area (Å²) in [5.41, 5.74) is 1.88. The Morgan fingerprint density at radius 3 is 2.69 bits per heavy atom. The van der Waals surface area contributed by atoms with Gasteiger partial charge in [-0.3, -0.25) is 9.69 Å². The lowest BCUT2D eigenvalue weighted by atomic mass is 9.94. The molecule has 2 aromatic carbocycles. The third-order valence-corrected chi connectivity index (χ3v) is 7.84. The van der Waals surface area contributed by atoms with E-state index in [4.69, 9.17) is 9.47 Å². The smallest absolute Gasteiger partial charge is 0.338 e. The molecular formula is C28H34FNO5S. The lowest BCUT2D eigenvalue weighted by Gasteiger charge is -2.40. The highest BCUT2D eigenvalue weighted by Crippen LogP contribution is 2.28. The van der Waals surface area contributed by atoms with Crippen molar-refractivity contribution in [2.45, 2.75) is 49.7 Å². The van der Waals surface area contributed by atoms with Crippen molar-refractivity contribution in [2.75, 3.05) is 26.4 Å². The minimum Gasteiger partial charge on any atom is -0.614 e. The summed E-state index contributed by atoms with van der Waals surface area (Å²) >= 11 is -1.28. The number of hydrogen-bond acceptors (Lipinski definition) is 5. The fourth-order valence-corrected chi connectivity index (χ4v) is 5.67. The van der Waals surface area contributed by atoms with Crippen LogP contribution in [0, 0.1) is 5.82 Å². The maximum atomic E-state index is 14.3. The second kappa shape index (κ2) is 14.2. The number of β-lactam (4-membered cyclic amide) rings is 1. The molecule has 0 bridgehead atoms. The minimum atomic E-state index is -1.28. The van der Waals surface area contributed by atoms with Crippen LogP contribution in [0.2, 0.25) is 0 Å². The quantitative estimate of drug-likeness (QED) is 0.110. The number of nitrogens with zero attached hydrogens (tertiary/aromatic N) is 1. The Bertz CT molecular complexity index is 1020. The van der Waals surface area contributed by atoms with E-state index in [-0.39, 0.29) is 41.8 Å². The van der Waals surface area contributed by atoms with Gasteiger partial charge in [0.2, 0.25) is 5.91 Å². The molecule has 0 radical (unpaired) electrons. The largest absolute Gasteiger partial charge is 0.614 e. The Labute approximate surface area is 215 Å². The van der Waals surface area contributed by atoms with Crippen LogP contribution in [0.15, 0.2) is 61.2 Å². The highest BCUT2D eigenvalue weighted by atomic mass is 32.2. The Kier molecular flexibility index (Phi) is 11.0. The van der Waals surface area contributed by atoms with Gasteiger partial charge in [-0.2, -0.15) is 0 Å². The monoisotopic (exact) mass is 515 g/mol. The molecule has 2 aromatic rings. The van der Waals surface area contributed by atoms with Crippen LogP contribution in [-0.2, 0) is 31.2 Å². The summed E-state index contributed by atoms with van der Waals surface area (Å²) in [5, 5.41) is -0.360. The van der Waals surface area contributed by atoms with E-state index in [0.717, 1.165) is 24.8 Å². The van der Waals surface area contributed by atoms with E-state index < -0.39 is 17.1 Å². The molecule has 8 heteroatoms. The van der Waals surface area contributed by atoms with E-state index in [1.807, 2.05) is 6.07 Å². The first-order valence-electron chi connectivity index (χ1n) is 12.3. The van der Waals surface area contributed by atoms with Crippen molar-refractivity contribution in [1.29, 1.82) is 0 Å². The molecule has 0 spiro atoms. The van der Waals surface area contributed by atoms with E-state index in [0.29, 0.717) is 30.9 Å². The standard InChI is InChI=1S/C28H34FNO5S/c1-3-5-8-23(24-9-6-7-10-25(24)29)19-34-17-15-30-26(31)18-27(30)36(33)20-21-11-13-22(14-12-21)28(32)35-16-4-2/h4,6-7,9-14,23,27H,2-3,5,8,15-20H2,1H3. The number of esters is 1. The third kappa shape index (κ3) is 7.66. The zero-order chi connectivity index (χ0) is 25.9. The van der Waals surface area contributed by atoms with Crippen molar-refractivity contribution in [1.82, 2.24) is 4.90 Å². The maximum absolute atomic E-state index is 14.3. The average Bonchev–Trinajstić information content (AvgIpc) is 2.88. The Balaban J connectivity index is 1.47. The van der Waals surface area contributed by atoms with E-state index >= 15 is 0 Å². The highest BCUT2D eigenvalue weighted by Gasteiger charge is 2.44. The number of hydrogen-bond donors (Lipinski definition) is 0. The molecule has 36 heavy (non-hydrogen) atoms. The topological polar surface area (TPSA) is 78.9 Å². The fraction of sp³-hybridized carbons (Fsp3) is 0.429. The molecule has 1 saturated heterocycles. The summed E-state index contributed by atoms with van der Waals surface area (Å²) in [5.74, 6) is -0.472. The molecule has 1 heterocycles. The Morgan fingerprint density at radius 1 is 1.28 bits per heavy atom. The van der Waals surface area contributed by atoms with Crippen LogP contribution < -0.4 is 0 Å². The fourth-order valence-electron chi connectivity index (χ4n) is 4.12. The van der Waals surface area contributed by atoms with E-state index in [9.17, 15) is 18.5 Å². The molecule has 0 aromatic heterocycles. The highest BCUT2D eigenvalue weighted by molar-refractivity contribution is 7.91. The summed E-state index contributed by atoms with van der Waals surface area (Å²) in [4.78, 5) is 25.7. The number of halogens is 1. The number of likely N-dealkylation sites (tertiary alicyclic amines) is 1. The van der Waals surface area contributed by atoms with Crippen LogP contribution in [0.25, 0.3) is 0 Å². The molecule has 1 amide bonds. The molecule has 3 atom stereocenters. The maximum Gasteiger partial charge on any atom is 0.338 e. The predicted molar refractivity (Wildman–Crippen MR) is 138 cm³/mol. The van der Waals surface area contributed by atoms with E-state index in [1.54, 1.807) is 41.3 Å². The van der Waals surface area contributed by atoms with Gasteiger partial charge in [-0.25, -0.2) is 9.18 Å². The first-order chi connectivity index (χ1) is 17.4. The zero-order valence-corrected chi connectivity index (χ0v) is 21.5. The molecule has 6 nitrogen and oxygen atoms in total. The number of amides is 1. The molecule has 3 rings (SSSR count). The van der Waals surface area contributed by atoms with Crippen LogP contribution >= 0.6 is 0 Å². The molecule has 0 N–H and O–H groups in total. The lowest BCUT2D eigenvalue weighted by molar-refractivity contribution is -0.143. The van der Waals surface area contributed by atoms with Crippen molar-refractivity contribution < 1.29 is 28.0 Å². The van der Waals surface area contributed by atoms with Gasteiger partial charge in [0.1, 0.15) is 18.2 Å². The third-order valence-electron chi connectivity index (χ3n) is 6.20. The van der Waals surface area contributed by atoms with Crippen molar-refractivity contribution in [3.05, 3.63) is 83.7 Å². The average molecular weight is 516 g/mol. The Morgan fingerprint density at radius 2 is 2.03 bits per heavy atom. The summed E-state index contributed by atoms with van der Waals surface area (Å²) in [7, 11) is 0. The van der Waals surface area contributed by atoms with Gasteiger partial charge in [0.25, 0.3) is 0 Å². The molecule has 3 unspecified atom stereocenters. The molecule has 0 aliphatic carbocycles. The predicted octanol–water partition coefficient (Wildman–Crippen LogP) is 4.97. The van der Waals surface area contributed by atoms with Crippen LogP contribution in [0.3, 0.4) is 0 Å². The van der Waals surface area contributed by atoms with Gasteiger partial charge in [-0.15, -0.1) is 0 Å². The minimum absolute atomic E-state index is 0.0415. The summed E-state index contributed by atoms with van der Waals surface area (Å²) < 4.78 is 38.1. The van der Waals surface area contributed by atoms with Crippen LogP contribution in [0.1, 0.15) is 60.0 Å². The van der Waals surface area contributed by atoms with Crippen LogP contribution in [-0.4, -0.2) is 53.1 Å². The molecular weight excluding hydrogens is 481 g/mol. The van der Waals surface area contributed by atoms with Gasteiger partial charge in [0.15, 0.2) is 5.37 Å². The molecule has 1 fully saturated rings. The van der Waals surface area contributed by atoms with E-state index in [2.05, 4.69) is 13.5 Å². The first-order valence-corrected chi connectivity index (χ1v) is 13.7. The summed E-state index contributed by atoms with van der Waals surface area (Å²) in [6, 6.07) is 13.5. The number of unbranched alkanes of at least 4 members (excludes halogenated alkanes) is 1. The first kappa shape index (κ1) is 27.9. The van der Waals surface area contributed by atoms with Gasteiger partial charge in [0, 0.05) is 18.0 Å². The van der Waals surface area contributed by atoms with Crippen LogP contribution in [0.4, 0.5) is 4.39 Å². The zero-order valence-electron chi connectivity index (χ0n) is 20.7. The van der Waals surface area contributed by atoms with Gasteiger partial charge < -0.3 is 14.0 Å². The lowest BCUT2D eigenvalue weighted by Crippen LogP contribution is -2.57.